The van der Waals surface area contributed by atoms with E-state index >= 15 is 0 Å². The highest BCUT2D eigenvalue weighted by molar-refractivity contribution is 5.96. The van der Waals surface area contributed by atoms with Gasteiger partial charge in [0.2, 0.25) is 11.8 Å². The first-order valence-electron chi connectivity index (χ1n) is 11.5. The summed E-state index contributed by atoms with van der Waals surface area (Å²) in [5.74, 6) is -0.722. The molecule has 4 N–H and O–H groups in total. The van der Waals surface area contributed by atoms with E-state index in [1.807, 2.05) is 24.3 Å². The quantitative estimate of drug-likeness (QED) is 0.538. The Hall–Kier alpha value is -3.23. The van der Waals surface area contributed by atoms with Gasteiger partial charge in [0.05, 0.1) is 11.6 Å². The molecule has 0 saturated carbocycles. The molecule has 182 valence electrons. The summed E-state index contributed by atoms with van der Waals surface area (Å²) in [7, 11) is 0. The lowest BCUT2D eigenvalue weighted by Crippen LogP contribution is -2.39. The maximum Gasteiger partial charge on any atom is 0.338 e. The minimum Gasteiger partial charge on any atom is -0.456 e. The predicted molar refractivity (Wildman–Crippen MR) is 131 cm³/mol. The number of amides is 2. The lowest BCUT2D eigenvalue weighted by molar-refractivity contribution is -0.121. The molecule has 2 atom stereocenters. The molecule has 8 heteroatoms. The number of benzene rings is 2. The van der Waals surface area contributed by atoms with Gasteiger partial charge in [0.1, 0.15) is 5.60 Å². The average Bonchev–Trinajstić information content (AvgIpc) is 2.79. The predicted octanol–water partition coefficient (Wildman–Crippen LogP) is 2.89. The second-order valence-corrected chi connectivity index (χ2v) is 9.63. The third kappa shape index (κ3) is 6.88. The summed E-state index contributed by atoms with van der Waals surface area (Å²) in [6.07, 6.45) is 1.46. The molecule has 0 bridgehead atoms. The summed E-state index contributed by atoms with van der Waals surface area (Å²) >= 11 is 0. The topological polar surface area (TPSA) is 122 Å². The summed E-state index contributed by atoms with van der Waals surface area (Å²) in [6, 6.07) is 13.1. The second kappa shape index (κ2) is 10.8. The van der Waals surface area contributed by atoms with Gasteiger partial charge in [-0.2, -0.15) is 0 Å². The van der Waals surface area contributed by atoms with Crippen molar-refractivity contribution in [3.8, 4) is 0 Å². The number of nitrogens with two attached hydrogens (primary N) is 1. The summed E-state index contributed by atoms with van der Waals surface area (Å²) in [4.78, 5) is 38.7. The molecule has 0 aromatic heterocycles. The first-order valence-corrected chi connectivity index (χ1v) is 11.5. The van der Waals surface area contributed by atoms with Gasteiger partial charge in [-0.25, -0.2) is 4.79 Å². The molecule has 8 nitrogen and oxygen atoms in total. The van der Waals surface area contributed by atoms with Crippen LogP contribution in [0.3, 0.4) is 0 Å². The Bertz CT molecular complexity index is 1010. The van der Waals surface area contributed by atoms with Crippen LogP contribution in [0.5, 0.6) is 0 Å². The van der Waals surface area contributed by atoms with Crippen LogP contribution in [0.1, 0.15) is 49.5 Å². The molecule has 1 heterocycles. The number of nitrogens with one attached hydrogen (secondary N) is 1. The van der Waals surface area contributed by atoms with Crippen LogP contribution in [0.25, 0.3) is 0 Å². The molecule has 0 aliphatic carbocycles. The van der Waals surface area contributed by atoms with Crippen LogP contribution in [0.2, 0.25) is 0 Å². The van der Waals surface area contributed by atoms with Crippen LogP contribution in [0.4, 0.5) is 11.4 Å². The highest BCUT2D eigenvalue weighted by Crippen LogP contribution is 2.24. The fourth-order valence-corrected chi connectivity index (χ4v) is 3.74. The standard InChI is InChI=1S/C26H33N3O5/c1-26(2,3)34-25(33)19-6-8-20(9-7-19)28-24(32)22(27)14-17-4-10-21(11-5-17)29-13-12-18(16-30)15-23(29)31/h4-11,18,22,30H,12-16,27H2,1-3H3,(H,28,32). The van der Waals surface area contributed by atoms with Gasteiger partial charge in [0, 0.05) is 30.9 Å². The lowest BCUT2D eigenvalue weighted by atomic mass is 9.96. The zero-order valence-corrected chi connectivity index (χ0v) is 19.9. The number of carbonyl (C=O) groups excluding carboxylic acids is 3. The van der Waals surface area contributed by atoms with Crippen molar-refractivity contribution in [3.63, 3.8) is 0 Å². The van der Waals surface area contributed by atoms with Crippen molar-refractivity contribution < 1.29 is 24.2 Å². The zero-order chi connectivity index (χ0) is 24.9. The largest absolute Gasteiger partial charge is 0.456 e. The van der Waals surface area contributed by atoms with E-state index in [0.717, 1.165) is 17.7 Å². The van der Waals surface area contributed by atoms with Crippen LogP contribution in [0.15, 0.2) is 48.5 Å². The molecule has 1 saturated heterocycles. The smallest absolute Gasteiger partial charge is 0.338 e. The van der Waals surface area contributed by atoms with E-state index in [1.165, 1.54) is 0 Å². The van der Waals surface area contributed by atoms with Crippen molar-refractivity contribution in [1.82, 2.24) is 0 Å². The SMILES string of the molecule is CC(C)(C)OC(=O)c1ccc(NC(=O)C(N)Cc2ccc(N3CCC(CO)CC3=O)cc2)cc1. The van der Waals surface area contributed by atoms with E-state index in [0.29, 0.717) is 30.6 Å². The molecule has 1 fully saturated rings. The Labute approximate surface area is 200 Å². The van der Waals surface area contributed by atoms with E-state index in [-0.39, 0.29) is 24.3 Å². The van der Waals surface area contributed by atoms with Crippen molar-refractivity contribution in [2.24, 2.45) is 11.7 Å². The average molecular weight is 468 g/mol. The second-order valence-electron chi connectivity index (χ2n) is 9.63. The normalized spacial score (nSPS) is 17.3. The monoisotopic (exact) mass is 467 g/mol. The molecule has 0 radical (unpaired) electrons. The first-order chi connectivity index (χ1) is 16.1. The number of nitrogens with zero attached hydrogens (tertiary/aromatic N) is 1. The minimum atomic E-state index is -0.765. The Kier molecular flexibility index (Phi) is 8.06. The minimum absolute atomic E-state index is 0.00631. The van der Waals surface area contributed by atoms with Crippen LogP contribution in [0, 0.1) is 5.92 Å². The molecule has 2 aromatic rings. The van der Waals surface area contributed by atoms with Gasteiger partial charge in [-0.3, -0.25) is 9.59 Å². The van der Waals surface area contributed by atoms with Crippen molar-refractivity contribution in [2.45, 2.75) is 51.7 Å². The Morgan fingerprint density at radius 1 is 1.15 bits per heavy atom. The molecule has 34 heavy (non-hydrogen) atoms. The number of piperidine rings is 1. The fraction of sp³-hybridized carbons (Fsp3) is 0.423. The van der Waals surface area contributed by atoms with E-state index in [9.17, 15) is 19.5 Å². The third-order valence-corrected chi connectivity index (χ3v) is 5.61. The molecule has 0 spiro atoms. The highest BCUT2D eigenvalue weighted by atomic mass is 16.6. The fourth-order valence-electron chi connectivity index (χ4n) is 3.74. The molecule has 1 aliphatic heterocycles. The number of carbonyl (C=O) groups is 3. The number of hydrogen-bond donors (Lipinski definition) is 3. The zero-order valence-electron chi connectivity index (χ0n) is 19.9. The molecular weight excluding hydrogens is 434 g/mol. The Morgan fingerprint density at radius 2 is 1.79 bits per heavy atom. The van der Waals surface area contributed by atoms with E-state index in [4.69, 9.17) is 10.5 Å². The van der Waals surface area contributed by atoms with Crippen molar-refractivity contribution in [1.29, 1.82) is 0 Å². The van der Waals surface area contributed by atoms with Gasteiger partial charge >= 0.3 is 5.97 Å². The number of anilines is 2. The first kappa shape index (κ1) is 25.4. The van der Waals surface area contributed by atoms with Crippen LogP contribution in [-0.4, -0.2) is 47.7 Å². The summed E-state index contributed by atoms with van der Waals surface area (Å²) in [5, 5.41) is 12.0. The van der Waals surface area contributed by atoms with Gasteiger partial charge in [-0.1, -0.05) is 12.1 Å². The summed E-state index contributed by atoms with van der Waals surface area (Å²) in [6.45, 7) is 6.02. The maximum absolute atomic E-state index is 12.5. The number of aliphatic hydroxyl groups excluding tert-OH is 1. The lowest BCUT2D eigenvalue weighted by Gasteiger charge is -2.31. The number of rotatable bonds is 7. The number of esters is 1. The van der Waals surface area contributed by atoms with Gasteiger partial charge < -0.3 is 25.8 Å². The van der Waals surface area contributed by atoms with E-state index in [1.54, 1.807) is 49.9 Å². The molecule has 2 aromatic carbocycles. The van der Waals surface area contributed by atoms with Crippen LogP contribution in [-0.2, 0) is 20.7 Å². The summed E-state index contributed by atoms with van der Waals surface area (Å²) < 4.78 is 5.33. The highest BCUT2D eigenvalue weighted by Gasteiger charge is 2.26. The molecule has 2 unspecified atom stereocenters. The van der Waals surface area contributed by atoms with E-state index in [2.05, 4.69) is 5.32 Å². The molecule has 2 amide bonds. The Balaban J connectivity index is 1.53. The number of hydrogen-bond acceptors (Lipinski definition) is 6. The van der Waals surface area contributed by atoms with E-state index < -0.39 is 17.6 Å². The van der Waals surface area contributed by atoms with Crippen molar-refractivity contribution >= 4 is 29.2 Å². The molecule has 3 rings (SSSR count). The van der Waals surface area contributed by atoms with Gasteiger partial charge in [0.15, 0.2) is 0 Å². The van der Waals surface area contributed by atoms with Gasteiger partial charge in [-0.05, 0) is 81.5 Å². The number of ether oxygens (including phenoxy) is 1. The van der Waals surface area contributed by atoms with Crippen LogP contribution < -0.4 is 16.0 Å². The van der Waals surface area contributed by atoms with Gasteiger partial charge in [-0.15, -0.1) is 0 Å². The molecular formula is C26H33N3O5. The maximum atomic E-state index is 12.5. The third-order valence-electron chi connectivity index (χ3n) is 5.61. The number of aliphatic hydroxyl groups is 1. The Morgan fingerprint density at radius 3 is 2.35 bits per heavy atom. The van der Waals surface area contributed by atoms with Crippen molar-refractivity contribution in [3.05, 3.63) is 59.7 Å². The van der Waals surface area contributed by atoms with Gasteiger partial charge in [0.25, 0.3) is 0 Å². The van der Waals surface area contributed by atoms with Crippen molar-refractivity contribution in [2.75, 3.05) is 23.4 Å². The molecule has 1 aliphatic rings. The van der Waals surface area contributed by atoms with Crippen LogP contribution >= 0.6 is 0 Å². The summed E-state index contributed by atoms with van der Waals surface area (Å²) in [5.41, 5.74) is 8.13.